The number of methoxy groups -OCH3 is 1. The van der Waals surface area contributed by atoms with Gasteiger partial charge in [-0.15, -0.1) is 11.8 Å². The minimum Gasteiger partial charge on any atom is -0.497 e. The molecule has 2 heterocycles. The molecule has 5 nitrogen and oxygen atoms in total. The van der Waals surface area contributed by atoms with E-state index in [9.17, 15) is 9.90 Å². The number of benzene rings is 2. The maximum absolute atomic E-state index is 13.3. The number of ether oxygens (including phenoxy) is 1. The Morgan fingerprint density at radius 1 is 1.03 bits per heavy atom. The van der Waals surface area contributed by atoms with Gasteiger partial charge in [-0.2, -0.15) is 0 Å². The third kappa shape index (κ3) is 4.44. The van der Waals surface area contributed by atoms with Crippen molar-refractivity contribution in [3.63, 3.8) is 0 Å². The lowest BCUT2D eigenvalue weighted by Gasteiger charge is -2.30. The van der Waals surface area contributed by atoms with Crippen LogP contribution in [-0.4, -0.2) is 55.3 Å². The summed E-state index contributed by atoms with van der Waals surface area (Å²) in [5.41, 5.74) is 1.82. The summed E-state index contributed by atoms with van der Waals surface area (Å²) in [5, 5.41) is 10.7. The first kappa shape index (κ1) is 20.3. The zero-order valence-electron chi connectivity index (χ0n) is 16.8. The molecule has 1 saturated heterocycles. The minimum absolute atomic E-state index is 0.222. The van der Waals surface area contributed by atoms with Crippen LogP contribution < -0.4 is 9.64 Å². The molecule has 0 aliphatic carbocycles. The second kappa shape index (κ2) is 9.20. The average molecular weight is 413 g/mol. The Morgan fingerprint density at radius 3 is 2.48 bits per heavy atom. The van der Waals surface area contributed by atoms with Crippen LogP contribution >= 0.6 is 11.8 Å². The number of carbonyl (C=O) groups is 1. The fourth-order valence-electron chi connectivity index (χ4n) is 4.09. The molecule has 0 radical (unpaired) electrons. The first-order valence-corrected chi connectivity index (χ1v) is 11.2. The van der Waals surface area contributed by atoms with Crippen LogP contribution in [-0.2, 0) is 4.79 Å². The molecule has 2 atom stereocenters. The van der Waals surface area contributed by atoms with Gasteiger partial charge in [0.2, 0.25) is 0 Å². The molecule has 0 saturated carbocycles. The molecule has 1 amide bonds. The van der Waals surface area contributed by atoms with E-state index in [1.807, 2.05) is 48.5 Å². The van der Waals surface area contributed by atoms with Crippen molar-refractivity contribution in [3.8, 4) is 5.75 Å². The Balaban J connectivity index is 1.60. The van der Waals surface area contributed by atoms with E-state index in [2.05, 4.69) is 4.90 Å². The standard InChI is InChI=1S/C23H28N2O3S/c1-28-18-11-9-17(10-12-18)22-21(26)23(27)25(16-15-24-13-5-2-6-14-24)19-7-3-4-8-20(19)29-22/h3-4,7-12,21-22,26H,2,5-6,13-16H2,1H3/t21-,22-/m1/s1. The summed E-state index contributed by atoms with van der Waals surface area (Å²) >= 11 is 1.55. The van der Waals surface area contributed by atoms with E-state index in [4.69, 9.17) is 4.74 Å². The van der Waals surface area contributed by atoms with Gasteiger partial charge in [0.15, 0.2) is 0 Å². The smallest absolute Gasteiger partial charge is 0.257 e. The second-order valence-electron chi connectivity index (χ2n) is 7.62. The number of rotatable bonds is 5. The lowest BCUT2D eigenvalue weighted by atomic mass is 10.1. The highest BCUT2D eigenvalue weighted by atomic mass is 32.2. The quantitative estimate of drug-likeness (QED) is 0.811. The SMILES string of the molecule is COc1ccc([C@H]2Sc3ccccc3N(CCN3CCCCC3)C(=O)[C@@H]2O)cc1. The lowest BCUT2D eigenvalue weighted by molar-refractivity contribution is -0.126. The number of thioether (sulfide) groups is 1. The topological polar surface area (TPSA) is 53.0 Å². The van der Waals surface area contributed by atoms with Gasteiger partial charge >= 0.3 is 0 Å². The zero-order valence-corrected chi connectivity index (χ0v) is 17.6. The summed E-state index contributed by atoms with van der Waals surface area (Å²) in [6, 6.07) is 15.6. The van der Waals surface area contributed by atoms with Crippen LogP contribution in [0.3, 0.4) is 0 Å². The molecule has 4 rings (SSSR count). The van der Waals surface area contributed by atoms with Gasteiger partial charge in [0.1, 0.15) is 11.9 Å². The maximum Gasteiger partial charge on any atom is 0.257 e. The van der Waals surface area contributed by atoms with Gasteiger partial charge in [-0.25, -0.2) is 0 Å². The number of para-hydroxylation sites is 1. The number of aliphatic hydroxyl groups excluding tert-OH is 1. The Kier molecular flexibility index (Phi) is 6.43. The van der Waals surface area contributed by atoms with Crippen molar-refractivity contribution in [1.29, 1.82) is 0 Å². The molecule has 29 heavy (non-hydrogen) atoms. The first-order valence-electron chi connectivity index (χ1n) is 10.3. The summed E-state index contributed by atoms with van der Waals surface area (Å²) in [6.07, 6.45) is 2.65. The monoisotopic (exact) mass is 412 g/mol. The van der Waals surface area contributed by atoms with E-state index in [-0.39, 0.29) is 11.2 Å². The molecule has 0 aromatic heterocycles. The van der Waals surface area contributed by atoms with Crippen LogP contribution in [0, 0.1) is 0 Å². The number of fused-ring (bicyclic) bond motifs is 1. The maximum atomic E-state index is 13.3. The van der Waals surface area contributed by atoms with Crippen molar-refractivity contribution < 1.29 is 14.6 Å². The summed E-state index contributed by atoms with van der Waals surface area (Å²) in [7, 11) is 1.63. The molecule has 2 aromatic rings. The number of anilines is 1. The van der Waals surface area contributed by atoms with Crippen LogP contribution in [0.15, 0.2) is 53.4 Å². The van der Waals surface area contributed by atoms with E-state index < -0.39 is 6.10 Å². The van der Waals surface area contributed by atoms with Gasteiger partial charge in [-0.05, 0) is 55.8 Å². The van der Waals surface area contributed by atoms with Gasteiger partial charge < -0.3 is 19.6 Å². The first-order chi connectivity index (χ1) is 14.2. The van der Waals surface area contributed by atoms with Gasteiger partial charge in [-0.3, -0.25) is 4.79 Å². The molecule has 0 unspecified atom stereocenters. The van der Waals surface area contributed by atoms with Crippen molar-refractivity contribution in [2.24, 2.45) is 0 Å². The largest absolute Gasteiger partial charge is 0.497 e. The number of nitrogens with zero attached hydrogens (tertiary/aromatic N) is 2. The Morgan fingerprint density at radius 2 is 1.76 bits per heavy atom. The molecule has 0 bridgehead atoms. The number of aliphatic hydroxyl groups is 1. The van der Waals surface area contributed by atoms with Crippen LogP contribution in [0.5, 0.6) is 5.75 Å². The summed E-state index contributed by atoms with van der Waals surface area (Å²) in [6.45, 7) is 3.62. The molecule has 1 N–H and O–H groups in total. The predicted octanol–water partition coefficient (Wildman–Crippen LogP) is 3.72. The van der Waals surface area contributed by atoms with Gasteiger partial charge in [0.25, 0.3) is 5.91 Å². The number of carbonyl (C=O) groups excluding carboxylic acids is 1. The molecule has 2 aliphatic rings. The van der Waals surface area contributed by atoms with E-state index in [0.29, 0.717) is 6.54 Å². The lowest BCUT2D eigenvalue weighted by Crippen LogP contribution is -2.45. The summed E-state index contributed by atoms with van der Waals surface area (Å²) in [4.78, 5) is 18.5. The zero-order chi connectivity index (χ0) is 20.2. The molecule has 0 spiro atoms. The number of amides is 1. The molecule has 154 valence electrons. The van der Waals surface area contributed by atoms with Gasteiger partial charge in [0.05, 0.1) is 18.0 Å². The second-order valence-corrected chi connectivity index (χ2v) is 8.80. The van der Waals surface area contributed by atoms with Crippen LogP contribution in [0.2, 0.25) is 0 Å². The Labute approximate surface area is 176 Å². The van der Waals surface area contributed by atoms with Crippen LogP contribution in [0.4, 0.5) is 5.69 Å². The van der Waals surface area contributed by atoms with Gasteiger partial charge in [-0.1, -0.05) is 30.7 Å². The summed E-state index contributed by atoms with van der Waals surface area (Å²) in [5.74, 6) is 0.539. The number of piperidine rings is 1. The minimum atomic E-state index is -1.10. The third-order valence-electron chi connectivity index (χ3n) is 5.75. The number of hydrogen-bond donors (Lipinski definition) is 1. The fourth-order valence-corrected chi connectivity index (χ4v) is 5.36. The molecular formula is C23H28N2O3S. The highest BCUT2D eigenvalue weighted by Gasteiger charge is 2.37. The van der Waals surface area contributed by atoms with E-state index in [0.717, 1.165) is 41.5 Å². The molecule has 6 heteroatoms. The van der Waals surface area contributed by atoms with Crippen LogP contribution in [0.25, 0.3) is 0 Å². The van der Waals surface area contributed by atoms with Crippen molar-refractivity contribution in [2.75, 3.05) is 38.2 Å². The molecule has 2 aliphatic heterocycles. The predicted molar refractivity (Wildman–Crippen MR) is 117 cm³/mol. The fraction of sp³-hybridized carbons (Fsp3) is 0.435. The van der Waals surface area contributed by atoms with E-state index >= 15 is 0 Å². The van der Waals surface area contributed by atoms with E-state index in [1.54, 1.807) is 23.8 Å². The van der Waals surface area contributed by atoms with Crippen molar-refractivity contribution in [1.82, 2.24) is 4.90 Å². The van der Waals surface area contributed by atoms with Gasteiger partial charge in [0, 0.05) is 18.0 Å². The normalized spacial score (nSPS) is 22.8. The van der Waals surface area contributed by atoms with Crippen molar-refractivity contribution >= 4 is 23.4 Å². The Bertz CT molecular complexity index is 836. The number of hydrogen-bond acceptors (Lipinski definition) is 5. The third-order valence-corrected chi connectivity index (χ3v) is 7.13. The highest BCUT2D eigenvalue weighted by molar-refractivity contribution is 7.99. The molecular weight excluding hydrogens is 384 g/mol. The molecule has 1 fully saturated rings. The van der Waals surface area contributed by atoms with E-state index in [1.165, 1.54) is 19.3 Å². The summed E-state index contributed by atoms with van der Waals surface area (Å²) < 4.78 is 5.24. The van der Waals surface area contributed by atoms with Crippen molar-refractivity contribution in [3.05, 3.63) is 54.1 Å². The van der Waals surface area contributed by atoms with Crippen molar-refractivity contribution in [2.45, 2.75) is 35.5 Å². The highest BCUT2D eigenvalue weighted by Crippen LogP contribution is 2.45. The number of likely N-dealkylation sites (tertiary alicyclic amines) is 1. The Hall–Kier alpha value is -2.02. The van der Waals surface area contributed by atoms with Crippen LogP contribution in [0.1, 0.15) is 30.1 Å². The average Bonchev–Trinajstić information content (AvgIpc) is 2.88. The molecule has 2 aromatic carbocycles.